The maximum Gasteiger partial charge on any atom is 0.147 e. The molecule has 1 aromatic heterocycles. The third kappa shape index (κ3) is 4.18. The van der Waals surface area contributed by atoms with Gasteiger partial charge in [-0.2, -0.15) is 11.8 Å². The zero-order valence-electron chi connectivity index (χ0n) is 7.79. The predicted molar refractivity (Wildman–Crippen MR) is 55.0 cm³/mol. The van der Waals surface area contributed by atoms with Gasteiger partial charge in [-0.15, -0.1) is 0 Å². The lowest BCUT2D eigenvalue weighted by molar-refractivity contribution is -0.116. The molecule has 0 fully saturated rings. The zero-order valence-corrected chi connectivity index (χ0v) is 8.60. The van der Waals surface area contributed by atoms with Gasteiger partial charge in [0.15, 0.2) is 0 Å². The Hall–Kier alpha value is -0.700. The van der Waals surface area contributed by atoms with Crippen LogP contribution in [0.1, 0.15) is 18.9 Å². The molecule has 0 amide bonds. The molecule has 0 aliphatic heterocycles. The van der Waals surface area contributed by atoms with Crippen molar-refractivity contribution in [3.05, 3.63) is 24.2 Å². The third-order valence-corrected chi connectivity index (χ3v) is 2.82. The molecule has 0 bridgehead atoms. The van der Waals surface area contributed by atoms with E-state index >= 15 is 0 Å². The fourth-order valence-corrected chi connectivity index (χ4v) is 1.77. The summed E-state index contributed by atoms with van der Waals surface area (Å²) in [5.74, 6) is 1.97. The quantitative estimate of drug-likeness (QED) is 0.658. The van der Waals surface area contributed by atoms with Gasteiger partial charge in [-0.1, -0.05) is 6.92 Å². The second kappa shape index (κ2) is 5.86. The van der Waals surface area contributed by atoms with Crippen molar-refractivity contribution >= 4 is 17.5 Å². The first-order valence-electron chi connectivity index (χ1n) is 4.43. The summed E-state index contributed by atoms with van der Waals surface area (Å²) in [6, 6.07) is 1.84. The Labute approximate surface area is 82.7 Å². The molecule has 0 N–H and O–H groups in total. The van der Waals surface area contributed by atoms with Gasteiger partial charge >= 0.3 is 0 Å². The first-order chi connectivity index (χ1) is 6.33. The molecule has 0 unspecified atom stereocenters. The Bertz CT molecular complexity index is 241. The number of ketones is 1. The van der Waals surface area contributed by atoms with Crippen LogP contribution in [0, 0.1) is 0 Å². The second-order valence-corrected chi connectivity index (χ2v) is 4.00. The van der Waals surface area contributed by atoms with Crippen molar-refractivity contribution < 1.29 is 9.21 Å². The molecule has 0 saturated carbocycles. The van der Waals surface area contributed by atoms with E-state index in [1.165, 1.54) is 0 Å². The number of Topliss-reactive ketones (excluding diaryl/α,β-unsaturated/α-hetero) is 1. The van der Waals surface area contributed by atoms with Gasteiger partial charge in [0.05, 0.1) is 18.3 Å². The largest absolute Gasteiger partial charge is 0.472 e. The summed E-state index contributed by atoms with van der Waals surface area (Å²) in [7, 11) is 0. The molecule has 0 spiro atoms. The maximum absolute atomic E-state index is 11.3. The van der Waals surface area contributed by atoms with Crippen molar-refractivity contribution in [2.24, 2.45) is 0 Å². The molecule has 1 heterocycles. The van der Waals surface area contributed by atoms with Gasteiger partial charge in [0.25, 0.3) is 0 Å². The summed E-state index contributed by atoms with van der Waals surface area (Å²) in [6.45, 7) is 2.12. The highest BCUT2D eigenvalue weighted by atomic mass is 32.2. The third-order valence-electron chi connectivity index (χ3n) is 1.59. The van der Waals surface area contributed by atoms with Crippen LogP contribution in [-0.4, -0.2) is 17.3 Å². The van der Waals surface area contributed by atoms with Crippen LogP contribution in [-0.2, 0) is 11.2 Å². The van der Waals surface area contributed by atoms with E-state index in [9.17, 15) is 4.79 Å². The first-order valence-corrected chi connectivity index (χ1v) is 5.59. The van der Waals surface area contributed by atoms with E-state index < -0.39 is 0 Å². The number of hydrogen-bond donors (Lipinski definition) is 0. The summed E-state index contributed by atoms with van der Waals surface area (Å²) >= 11 is 1.70. The van der Waals surface area contributed by atoms with Gasteiger partial charge in [0.2, 0.25) is 0 Å². The molecule has 3 heteroatoms. The fraction of sp³-hybridized carbons (Fsp3) is 0.500. The number of hydrogen-bond acceptors (Lipinski definition) is 3. The Morgan fingerprint density at radius 3 is 3.08 bits per heavy atom. The van der Waals surface area contributed by atoms with Crippen LogP contribution in [0.2, 0.25) is 0 Å². The molecule has 2 nitrogen and oxygen atoms in total. The Morgan fingerprint density at radius 2 is 2.46 bits per heavy atom. The molecule has 1 aromatic rings. The molecule has 72 valence electrons. The van der Waals surface area contributed by atoms with Gasteiger partial charge in [0, 0.05) is 6.42 Å². The van der Waals surface area contributed by atoms with Crippen LogP contribution in [0.15, 0.2) is 23.0 Å². The molecular weight excluding hydrogens is 184 g/mol. The summed E-state index contributed by atoms with van der Waals surface area (Å²) in [5, 5.41) is 0. The van der Waals surface area contributed by atoms with Gasteiger partial charge in [-0.05, 0) is 23.8 Å². The van der Waals surface area contributed by atoms with Crippen molar-refractivity contribution in [3.8, 4) is 0 Å². The molecule has 0 aliphatic carbocycles. The lowest BCUT2D eigenvalue weighted by Gasteiger charge is -1.97. The van der Waals surface area contributed by atoms with E-state index in [0.717, 1.165) is 17.7 Å². The number of carbonyl (C=O) groups is 1. The molecule has 0 aliphatic rings. The van der Waals surface area contributed by atoms with Crippen LogP contribution < -0.4 is 0 Å². The second-order valence-electron chi connectivity index (χ2n) is 2.90. The number of carbonyl (C=O) groups excluding carboxylic acids is 1. The van der Waals surface area contributed by atoms with Crippen LogP contribution in [0.4, 0.5) is 0 Å². The van der Waals surface area contributed by atoms with E-state index in [1.54, 1.807) is 24.3 Å². The molecule has 0 saturated heterocycles. The Balaban J connectivity index is 2.18. The predicted octanol–water partition coefficient (Wildman–Crippen LogP) is 2.53. The van der Waals surface area contributed by atoms with Gasteiger partial charge < -0.3 is 4.42 Å². The SMILES string of the molecule is CCCSCC(=O)Cc1ccoc1. The van der Waals surface area contributed by atoms with E-state index in [1.807, 2.05) is 6.07 Å². The van der Waals surface area contributed by atoms with Crippen LogP contribution in [0.5, 0.6) is 0 Å². The van der Waals surface area contributed by atoms with Crippen molar-refractivity contribution in [1.29, 1.82) is 0 Å². The molecule has 1 rings (SSSR count). The van der Waals surface area contributed by atoms with E-state index in [2.05, 4.69) is 6.92 Å². The highest BCUT2D eigenvalue weighted by Gasteiger charge is 2.03. The minimum Gasteiger partial charge on any atom is -0.472 e. The summed E-state index contributed by atoms with van der Waals surface area (Å²) < 4.78 is 4.88. The normalized spacial score (nSPS) is 10.2. The zero-order chi connectivity index (χ0) is 9.52. The number of rotatable bonds is 6. The Kier molecular flexibility index (Phi) is 4.68. The van der Waals surface area contributed by atoms with Crippen LogP contribution >= 0.6 is 11.8 Å². The average Bonchev–Trinajstić information content (AvgIpc) is 2.57. The van der Waals surface area contributed by atoms with Gasteiger partial charge in [-0.3, -0.25) is 4.79 Å². The molecule has 0 aromatic carbocycles. The monoisotopic (exact) mass is 198 g/mol. The van der Waals surface area contributed by atoms with Gasteiger partial charge in [-0.25, -0.2) is 0 Å². The minimum absolute atomic E-state index is 0.278. The molecule has 13 heavy (non-hydrogen) atoms. The summed E-state index contributed by atoms with van der Waals surface area (Å²) in [6.07, 6.45) is 4.86. The molecular formula is C10H14O2S. The summed E-state index contributed by atoms with van der Waals surface area (Å²) in [4.78, 5) is 11.3. The van der Waals surface area contributed by atoms with Crippen LogP contribution in [0.25, 0.3) is 0 Å². The van der Waals surface area contributed by atoms with Crippen LogP contribution in [0.3, 0.4) is 0 Å². The first kappa shape index (κ1) is 10.4. The minimum atomic E-state index is 0.278. The van der Waals surface area contributed by atoms with Crippen molar-refractivity contribution in [1.82, 2.24) is 0 Å². The standard InChI is InChI=1S/C10H14O2S/c1-2-5-13-8-10(11)6-9-3-4-12-7-9/h3-4,7H,2,5-6,8H2,1H3. The highest BCUT2D eigenvalue weighted by molar-refractivity contribution is 7.99. The number of thioether (sulfide) groups is 1. The maximum atomic E-state index is 11.3. The molecule has 0 radical (unpaired) electrons. The fourth-order valence-electron chi connectivity index (χ4n) is 1.00. The van der Waals surface area contributed by atoms with Crippen molar-refractivity contribution in [3.63, 3.8) is 0 Å². The topological polar surface area (TPSA) is 30.2 Å². The smallest absolute Gasteiger partial charge is 0.147 e. The average molecular weight is 198 g/mol. The highest BCUT2D eigenvalue weighted by Crippen LogP contribution is 2.06. The lowest BCUT2D eigenvalue weighted by atomic mass is 10.2. The number of furan rings is 1. The van der Waals surface area contributed by atoms with Crippen molar-refractivity contribution in [2.75, 3.05) is 11.5 Å². The van der Waals surface area contributed by atoms with Crippen molar-refractivity contribution in [2.45, 2.75) is 19.8 Å². The van der Waals surface area contributed by atoms with E-state index in [-0.39, 0.29) is 5.78 Å². The van der Waals surface area contributed by atoms with E-state index in [4.69, 9.17) is 4.42 Å². The lowest BCUT2D eigenvalue weighted by Crippen LogP contribution is -2.05. The molecule has 0 atom stereocenters. The van der Waals surface area contributed by atoms with E-state index in [0.29, 0.717) is 12.2 Å². The Morgan fingerprint density at radius 1 is 1.62 bits per heavy atom. The van der Waals surface area contributed by atoms with Gasteiger partial charge in [0.1, 0.15) is 5.78 Å². The summed E-state index contributed by atoms with van der Waals surface area (Å²) in [5.41, 5.74) is 0.974.